The lowest BCUT2D eigenvalue weighted by molar-refractivity contribution is 0.0948. The predicted molar refractivity (Wildman–Crippen MR) is 85.0 cm³/mol. The van der Waals surface area contributed by atoms with Gasteiger partial charge in [0.1, 0.15) is 5.82 Å². The number of nitrogen functional groups attached to an aromatic ring is 1. The minimum Gasteiger partial charge on any atom is -0.351 e. The van der Waals surface area contributed by atoms with Gasteiger partial charge in [0.15, 0.2) is 5.69 Å². The maximum absolute atomic E-state index is 12.2. The Morgan fingerprint density at radius 2 is 2.00 bits per heavy atom. The number of anilines is 1. The number of rotatable bonds is 8. The van der Waals surface area contributed by atoms with Crippen LogP contribution in [0.15, 0.2) is 6.20 Å². The molecule has 0 aromatic carbocycles. The second-order valence-corrected chi connectivity index (χ2v) is 5.94. The number of nitrogens with two attached hydrogens (primary N) is 1. The van der Waals surface area contributed by atoms with Crippen LogP contribution >= 0.6 is 0 Å². The summed E-state index contributed by atoms with van der Waals surface area (Å²) in [7, 11) is 0. The third-order valence-electron chi connectivity index (χ3n) is 3.19. The van der Waals surface area contributed by atoms with Gasteiger partial charge in [-0.1, -0.05) is 40.5 Å². The fourth-order valence-corrected chi connectivity index (χ4v) is 1.92. The molecule has 1 aromatic rings. The first-order chi connectivity index (χ1) is 9.95. The molecular weight excluding hydrogens is 266 g/mol. The van der Waals surface area contributed by atoms with E-state index in [-0.39, 0.29) is 11.8 Å². The minimum absolute atomic E-state index is 0.161. The molecule has 6 nitrogen and oxygen atoms in total. The molecule has 0 fully saturated rings. The van der Waals surface area contributed by atoms with Crippen LogP contribution in [0.5, 0.6) is 0 Å². The first-order valence-electron chi connectivity index (χ1n) is 7.57. The van der Waals surface area contributed by atoms with Gasteiger partial charge in [0.2, 0.25) is 0 Å². The molecule has 1 rings (SSSR count). The topological polar surface area (TPSA) is 92.9 Å². The Hall–Kier alpha value is -1.69. The monoisotopic (exact) mass is 293 g/mol. The molecule has 21 heavy (non-hydrogen) atoms. The first kappa shape index (κ1) is 17.4. The SMILES string of the molecule is CC(C)CCCCNC(=O)c1nc(C(C)C)ncc1NN. The number of aromatic nitrogens is 2. The minimum atomic E-state index is -0.211. The standard InChI is InChI=1S/C15H27N5O/c1-10(2)7-5-6-8-17-15(21)13-12(20-16)9-18-14(19-13)11(3)4/h9-11,20H,5-8,16H2,1-4H3,(H,17,21). The summed E-state index contributed by atoms with van der Waals surface area (Å²) in [6.07, 6.45) is 4.81. The molecule has 0 atom stereocenters. The van der Waals surface area contributed by atoms with E-state index < -0.39 is 0 Å². The third kappa shape index (κ3) is 5.67. The van der Waals surface area contributed by atoms with Crippen LogP contribution in [-0.2, 0) is 0 Å². The van der Waals surface area contributed by atoms with Crippen molar-refractivity contribution in [3.63, 3.8) is 0 Å². The maximum Gasteiger partial charge on any atom is 0.272 e. The summed E-state index contributed by atoms with van der Waals surface area (Å²) in [4.78, 5) is 20.7. The number of carbonyl (C=O) groups is 1. The van der Waals surface area contributed by atoms with Gasteiger partial charge in [-0.25, -0.2) is 9.97 Å². The van der Waals surface area contributed by atoms with Crippen molar-refractivity contribution in [2.45, 2.75) is 52.9 Å². The number of amides is 1. The number of carbonyl (C=O) groups excluding carboxylic acids is 1. The zero-order valence-corrected chi connectivity index (χ0v) is 13.4. The van der Waals surface area contributed by atoms with Crippen molar-refractivity contribution in [2.75, 3.05) is 12.0 Å². The lowest BCUT2D eigenvalue weighted by atomic mass is 10.1. The van der Waals surface area contributed by atoms with E-state index in [1.165, 1.54) is 6.42 Å². The summed E-state index contributed by atoms with van der Waals surface area (Å²) in [5.41, 5.74) is 3.22. The highest BCUT2D eigenvalue weighted by atomic mass is 16.1. The van der Waals surface area contributed by atoms with Gasteiger partial charge in [0, 0.05) is 12.5 Å². The van der Waals surface area contributed by atoms with Crippen LogP contribution in [0.2, 0.25) is 0 Å². The van der Waals surface area contributed by atoms with Crippen molar-refractivity contribution in [3.8, 4) is 0 Å². The molecule has 1 aromatic heterocycles. The lowest BCUT2D eigenvalue weighted by Crippen LogP contribution is -2.28. The largest absolute Gasteiger partial charge is 0.351 e. The van der Waals surface area contributed by atoms with Gasteiger partial charge in [0.05, 0.1) is 11.9 Å². The van der Waals surface area contributed by atoms with E-state index in [1.807, 2.05) is 13.8 Å². The molecule has 1 amide bonds. The van der Waals surface area contributed by atoms with E-state index in [0.717, 1.165) is 12.8 Å². The van der Waals surface area contributed by atoms with Gasteiger partial charge < -0.3 is 10.7 Å². The van der Waals surface area contributed by atoms with Crippen molar-refractivity contribution in [2.24, 2.45) is 11.8 Å². The van der Waals surface area contributed by atoms with E-state index in [2.05, 4.69) is 34.6 Å². The third-order valence-corrected chi connectivity index (χ3v) is 3.19. The van der Waals surface area contributed by atoms with E-state index in [1.54, 1.807) is 6.20 Å². The van der Waals surface area contributed by atoms with E-state index in [0.29, 0.717) is 29.7 Å². The van der Waals surface area contributed by atoms with Crippen molar-refractivity contribution in [1.29, 1.82) is 0 Å². The van der Waals surface area contributed by atoms with E-state index in [4.69, 9.17) is 5.84 Å². The zero-order chi connectivity index (χ0) is 15.8. The first-order valence-corrected chi connectivity index (χ1v) is 7.57. The highest BCUT2D eigenvalue weighted by molar-refractivity contribution is 5.97. The van der Waals surface area contributed by atoms with Gasteiger partial charge in [0.25, 0.3) is 5.91 Å². The van der Waals surface area contributed by atoms with Crippen molar-refractivity contribution < 1.29 is 4.79 Å². The van der Waals surface area contributed by atoms with Crippen molar-refractivity contribution >= 4 is 11.6 Å². The van der Waals surface area contributed by atoms with Gasteiger partial charge in [-0.2, -0.15) is 0 Å². The van der Waals surface area contributed by atoms with Crippen LogP contribution < -0.4 is 16.6 Å². The molecule has 0 aliphatic carbocycles. The smallest absolute Gasteiger partial charge is 0.272 e. The molecule has 0 aliphatic heterocycles. The molecule has 4 N–H and O–H groups in total. The average molecular weight is 293 g/mol. The zero-order valence-electron chi connectivity index (χ0n) is 13.4. The second-order valence-electron chi connectivity index (χ2n) is 5.94. The summed E-state index contributed by atoms with van der Waals surface area (Å²) in [6.45, 7) is 9.02. The number of nitrogens with zero attached hydrogens (tertiary/aromatic N) is 2. The Balaban J connectivity index is 2.61. The fraction of sp³-hybridized carbons (Fsp3) is 0.667. The Bertz CT molecular complexity index is 459. The Morgan fingerprint density at radius 1 is 1.29 bits per heavy atom. The molecule has 0 radical (unpaired) electrons. The molecule has 6 heteroatoms. The molecular formula is C15H27N5O. The summed E-state index contributed by atoms with van der Waals surface area (Å²) >= 11 is 0. The van der Waals surface area contributed by atoms with Gasteiger partial charge in [-0.15, -0.1) is 0 Å². The van der Waals surface area contributed by atoms with Crippen molar-refractivity contribution in [1.82, 2.24) is 15.3 Å². The summed E-state index contributed by atoms with van der Waals surface area (Å²) in [5, 5.41) is 2.89. The number of hydrogen-bond donors (Lipinski definition) is 3. The van der Waals surface area contributed by atoms with Crippen molar-refractivity contribution in [3.05, 3.63) is 17.7 Å². The predicted octanol–water partition coefficient (Wildman–Crippen LogP) is 2.44. The van der Waals surface area contributed by atoms with Gasteiger partial charge in [-0.3, -0.25) is 10.6 Å². The Morgan fingerprint density at radius 3 is 2.57 bits per heavy atom. The number of unbranched alkanes of at least 4 members (excludes halogenated alkanes) is 1. The summed E-state index contributed by atoms with van der Waals surface area (Å²) in [5.74, 6) is 6.70. The molecule has 0 unspecified atom stereocenters. The average Bonchev–Trinajstić information content (AvgIpc) is 2.45. The molecule has 0 saturated carbocycles. The molecule has 0 spiro atoms. The lowest BCUT2D eigenvalue weighted by Gasteiger charge is -2.11. The maximum atomic E-state index is 12.2. The van der Waals surface area contributed by atoms with Crippen LogP contribution in [0, 0.1) is 5.92 Å². The van der Waals surface area contributed by atoms with Gasteiger partial charge >= 0.3 is 0 Å². The van der Waals surface area contributed by atoms with E-state index in [9.17, 15) is 4.79 Å². The number of hydrogen-bond acceptors (Lipinski definition) is 5. The molecule has 0 bridgehead atoms. The van der Waals surface area contributed by atoms with E-state index >= 15 is 0 Å². The highest BCUT2D eigenvalue weighted by Crippen LogP contribution is 2.15. The van der Waals surface area contributed by atoms with Crippen LogP contribution in [0.1, 0.15) is 69.2 Å². The second kappa shape index (κ2) is 8.56. The van der Waals surface area contributed by atoms with Crippen LogP contribution in [0.4, 0.5) is 5.69 Å². The molecule has 1 heterocycles. The normalized spacial score (nSPS) is 11.0. The summed E-state index contributed by atoms with van der Waals surface area (Å²) < 4.78 is 0. The van der Waals surface area contributed by atoms with Gasteiger partial charge in [-0.05, 0) is 12.3 Å². The molecule has 0 aliphatic rings. The van der Waals surface area contributed by atoms with Crippen LogP contribution in [0.25, 0.3) is 0 Å². The molecule has 0 saturated heterocycles. The highest BCUT2D eigenvalue weighted by Gasteiger charge is 2.15. The molecule has 118 valence electrons. The quantitative estimate of drug-likeness (QED) is 0.389. The van der Waals surface area contributed by atoms with Crippen LogP contribution in [-0.4, -0.2) is 22.4 Å². The Kier molecular flexibility index (Phi) is 7.08. The Labute approximate surface area is 126 Å². The number of nitrogens with one attached hydrogen (secondary N) is 2. The van der Waals surface area contributed by atoms with Crippen LogP contribution in [0.3, 0.4) is 0 Å². The fourth-order valence-electron chi connectivity index (χ4n) is 1.92. The number of hydrazine groups is 1. The summed E-state index contributed by atoms with van der Waals surface area (Å²) in [6, 6.07) is 0.